The molecule has 3 heterocycles. The average molecular weight is 830 g/mol. The minimum Gasteiger partial charge on any atom is -0.490 e. The van der Waals surface area contributed by atoms with Crippen LogP contribution in [0.25, 0.3) is 0 Å². The van der Waals surface area contributed by atoms with Gasteiger partial charge in [-0.3, -0.25) is 4.79 Å². The van der Waals surface area contributed by atoms with E-state index in [0.717, 1.165) is 17.7 Å². The molecule has 14 heteroatoms. The highest BCUT2D eigenvalue weighted by atomic mass is 16.7. The zero-order valence-electron chi connectivity index (χ0n) is 36.8. The van der Waals surface area contributed by atoms with Crippen LogP contribution in [-0.4, -0.2) is 104 Å². The van der Waals surface area contributed by atoms with E-state index in [9.17, 15) is 29.4 Å². The number of carbonyl (C=O) groups is 4. The Hall–Kier alpha value is -4.08. The van der Waals surface area contributed by atoms with Crippen LogP contribution >= 0.6 is 0 Å². The zero-order chi connectivity index (χ0) is 44.2. The minimum absolute atomic E-state index is 0.0343. The van der Waals surface area contributed by atoms with Crippen molar-refractivity contribution in [3.05, 3.63) is 71.2 Å². The number of aliphatic hydroxyl groups excluding tert-OH is 2. The molecule has 1 saturated heterocycles. The number of carbonyl (C=O) groups excluding carboxylic acids is 4. The quantitative estimate of drug-likeness (QED) is 0.122. The summed E-state index contributed by atoms with van der Waals surface area (Å²) in [6.07, 6.45) is 8.47. The van der Waals surface area contributed by atoms with Gasteiger partial charge in [0.25, 0.3) is 0 Å². The lowest BCUT2D eigenvalue weighted by Gasteiger charge is -2.51. The van der Waals surface area contributed by atoms with E-state index in [2.05, 4.69) is 5.32 Å². The topological polar surface area (TPSA) is 185 Å². The molecule has 0 aromatic carbocycles. The van der Waals surface area contributed by atoms with Gasteiger partial charge in [0.05, 0.1) is 31.1 Å². The second-order valence-corrected chi connectivity index (χ2v) is 16.6. The molecule has 0 radical (unpaired) electrons. The van der Waals surface area contributed by atoms with E-state index in [4.69, 9.17) is 33.2 Å². The standard InChI is InChI=1S/C45H67NO13/c1-25(2)42-30(7)36(57-39(49)19-18-38(48)56-24-33-16-17-37(47)46-33)23-45(55-12,59-42)32(9)41(51)31(8)43-34(53-10)15-13-14-26(3)20-28(5)40(50)29(6)21-27(4)22-35(54-11)44(52)58-43/h13-16,18-19,21-22,25,28-32,34,36,40-43,50-51H,17,20,23-24H2,1-12H3,(H,46,47)/b15-13-,19-18+,26-14-,27-21-,35-22-/t28-,29+,30-,31+,32+,34+,36+,40-,41-,42+,43-,45+/m1/s1. The molecule has 0 aromatic heterocycles. The number of esters is 3. The van der Waals surface area contributed by atoms with E-state index in [0.29, 0.717) is 17.7 Å². The maximum absolute atomic E-state index is 13.8. The fourth-order valence-electron chi connectivity index (χ4n) is 8.08. The van der Waals surface area contributed by atoms with Gasteiger partial charge >= 0.3 is 17.9 Å². The molecule has 3 N–H and O–H groups in total. The number of amides is 1. The van der Waals surface area contributed by atoms with Crippen molar-refractivity contribution in [2.24, 2.45) is 35.5 Å². The van der Waals surface area contributed by atoms with Gasteiger partial charge in [-0.25, -0.2) is 14.4 Å². The lowest BCUT2D eigenvalue weighted by atomic mass is 9.76. The summed E-state index contributed by atoms with van der Waals surface area (Å²) in [5, 5.41) is 25.8. The Labute approximate surface area is 349 Å². The third-order valence-corrected chi connectivity index (χ3v) is 11.6. The lowest BCUT2D eigenvalue weighted by molar-refractivity contribution is -0.339. The largest absolute Gasteiger partial charge is 0.490 e. The summed E-state index contributed by atoms with van der Waals surface area (Å²) in [7, 11) is 4.32. The minimum atomic E-state index is -1.47. The van der Waals surface area contributed by atoms with E-state index < -0.39 is 72.2 Å². The van der Waals surface area contributed by atoms with Crippen molar-refractivity contribution in [3.8, 4) is 0 Å². The van der Waals surface area contributed by atoms with Gasteiger partial charge in [-0.2, -0.15) is 0 Å². The molecule has 1 amide bonds. The molecule has 0 aromatic rings. The predicted octanol–water partition coefficient (Wildman–Crippen LogP) is 5.40. The summed E-state index contributed by atoms with van der Waals surface area (Å²) < 4.78 is 41.4. The van der Waals surface area contributed by atoms with Crippen LogP contribution in [0.2, 0.25) is 0 Å². The zero-order valence-corrected chi connectivity index (χ0v) is 36.8. The number of nitrogens with one attached hydrogen (secondary N) is 1. The highest BCUT2D eigenvalue weighted by Gasteiger charge is 2.54. The summed E-state index contributed by atoms with van der Waals surface area (Å²) >= 11 is 0. The van der Waals surface area contributed by atoms with Crippen LogP contribution in [0, 0.1) is 35.5 Å². The number of allylic oxidation sites excluding steroid dienone is 5. The van der Waals surface area contributed by atoms with Crippen LogP contribution < -0.4 is 5.32 Å². The summed E-state index contributed by atoms with van der Waals surface area (Å²) in [6.45, 7) is 16.9. The molecule has 0 bridgehead atoms. The normalized spacial score (nSPS) is 34.8. The number of methoxy groups -OCH3 is 3. The summed E-state index contributed by atoms with van der Waals surface area (Å²) in [5.41, 5.74) is 2.20. The monoisotopic (exact) mass is 829 g/mol. The molecule has 3 rings (SSSR count). The SMILES string of the molecule is CO/C1=C\C(C)=C/[C@H](C)[C@H](O)[C@H](C)C/C(C)=C\C=C/[C@H](OC)[C@@H]([C@@H](C)[C@@H](O)[C@H](C)[C@]2(OC)C[C@H](OC(=O)/C=C/C(=O)OCC3=CCC(=O)N3)[C@@H](C)[C@H](C(C)C)O2)OC1=O. The van der Waals surface area contributed by atoms with Crippen molar-refractivity contribution in [1.82, 2.24) is 5.32 Å². The second-order valence-electron chi connectivity index (χ2n) is 16.6. The molecule has 0 aliphatic carbocycles. The van der Waals surface area contributed by atoms with E-state index >= 15 is 0 Å². The Morgan fingerprint density at radius 2 is 1.71 bits per heavy atom. The van der Waals surface area contributed by atoms with Gasteiger partial charge in [-0.1, -0.05) is 90.0 Å². The summed E-state index contributed by atoms with van der Waals surface area (Å²) in [5.74, 6) is -6.26. The lowest BCUT2D eigenvalue weighted by Crippen LogP contribution is -2.60. The van der Waals surface area contributed by atoms with Crippen molar-refractivity contribution < 1.29 is 62.5 Å². The fraction of sp³-hybridized carbons (Fsp3) is 0.644. The first-order chi connectivity index (χ1) is 27.8. The predicted molar refractivity (Wildman–Crippen MR) is 220 cm³/mol. The number of hydrogen-bond acceptors (Lipinski definition) is 13. The molecular formula is C45H67NO13. The first kappa shape index (κ1) is 49.3. The highest BCUT2D eigenvalue weighted by Crippen LogP contribution is 2.44. The van der Waals surface area contributed by atoms with Crippen LogP contribution in [0.4, 0.5) is 0 Å². The van der Waals surface area contributed by atoms with Gasteiger partial charge in [-0.15, -0.1) is 0 Å². The van der Waals surface area contributed by atoms with E-state index in [1.54, 1.807) is 32.1 Å². The van der Waals surface area contributed by atoms with Crippen molar-refractivity contribution >= 4 is 23.8 Å². The van der Waals surface area contributed by atoms with Gasteiger partial charge in [0.15, 0.2) is 5.79 Å². The van der Waals surface area contributed by atoms with E-state index in [-0.39, 0.29) is 54.8 Å². The Kier molecular flexibility index (Phi) is 18.8. The molecule has 330 valence electrons. The molecule has 59 heavy (non-hydrogen) atoms. The van der Waals surface area contributed by atoms with Crippen molar-refractivity contribution in [3.63, 3.8) is 0 Å². The number of cyclic esters (lactones) is 1. The Balaban J connectivity index is 1.93. The molecule has 0 unspecified atom stereocenters. The number of ether oxygens (including phenoxy) is 7. The van der Waals surface area contributed by atoms with Crippen molar-refractivity contribution in [2.75, 3.05) is 27.9 Å². The Bertz CT molecular complexity index is 1660. The van der Waals surface area contributed by atoms with Crippen molar-refractivity contribution in [2.45, 2.75) is 124 Å². The molecule has 12 atom stereocenters. The molecule has 14 nitrogen and oxygen atoms in total. The average Bonchev–Trinajstić information content (AvgIpc) is 3.62. The maximum atomic E-state index is 13.8. The third kappa shape index (κ3) is 13.5. The fourth-order valence-corrected chi connectivity index (χ4v) is 8.08. The van der Waals surface area contributed by atoms with Crippen molar-refractivity contribution in [1.29, 1.82) is 0 Å². The molecule has 0 saturated carbocycles. The van der Waals surface area contributed by atoms with Gasteiger partial charge in [0, 0.05) is 62.9 Å². The second kappa shape index (κ2) is 22.5. The van der Waals surface area contributed by atoms with Crippen LogP contribution in [0.15, 0.2) is 71.2 Å². The van der Waals surface area contributed by atoms with Gasteiger partial charge < -0.3 is 48.7 Å². The Morgan fingerprint density at radius 3 is 2.31 bits per heavy atom. The third-order valence-electron chi connectivity index (χ3n) is 11.6. The van der Waals surface area contributed by atoms with E-state index in [1.165, 1.54) is 21.3 Å². The number of aliphatic hydroxyl groups is 2. The first-order valence-electron chi connectivity index (χ1n) is 20.4. The van der Waals surface area contributed by atoms with Gasteiger partial charge in [0.1, 0.15) is 24.9 Å². The molecule has 3 aliphatic rings. The summed E-state index contributed by atoms with van der Waals surface area (Å²) in [4.78, 5) is 50.6. The van der Waals surface area contributed by atoms with Gasteiger partial charge in [-0.05, 0) is 38.2 Å². The van der Waals surface area contributed by atoms with Gasteiger partial charge in [0.2, 0.25) is 11.7 Å². The summed E-state index contributed by atoms with van der Waals surface area (Å²) in [6, 6.07) is 0. The van der Waals surface area contributed by atoms with E-state index in [1.807, 2.05) is 66.7 Å². The molecule has 0 spiro atoms. The van der Waals surface area contributed by atoms with Crippen LogP contribution in [0.5, 0.6) is 0 Å². The smallest absolute Gasteiger partial charge is 0.373 e. The first-order valence-corrected chi connectivity index (χ1v) is 20.4. The van der Waals surface area contributed by atoms with Crippen LogP contribution in [-0.2, 0) is 52.3 Å². The van der Waals surface area contributed by atoms with Crippen LogP contribution in [0.1, 0.15) is 81.6 Å². The molecular weight excluding hydrogens is 762 g/mol. The number of hydrogen-bond donors (Lipinski definition) is 3. The Morgan fingerprint density at radius 1 is 1.03 bits per heavy atom. The number of rotatable bonds is 13. The molecule has 1 fully saturated rings. The molecule has 3 aliphatic heterocycles. The highest BCUT2D eigenvalue weighted by molar-refractivity contribution is 5.92. The maximum Gasteiger partial charge on any atom is 0.373 e. The van der Waals surface area contributed by atoms with Crippen LogP contribution in [0.3, 0.4) is 0 Å².